The van der Waals surface area contributed by atoms with Crippen LogP contribution in [0.3, 0.4) is 0 Å². The molecule has 3 aromatic carbocycles. The molecule has 0 aliphatic carbocycles. The van der Waals surface area contributed by atoms with Crippen molar-refractivity contribution in [2.75, 3.05) is 12.0 Å². The van der Waals surface area contributed by atoms with Gasteiger partial charge in [0.2, 0.25) is 0 Å². The van der Waals surface area contributed by atoms with E-state index in [1.54, 1.807) is 49.6 Å². The highest BCUT2D eigenvalue weighted by Crippen LogP contribution is 2.39. The molecule has 2 amide bonds. The van der Waals surface area contributed by atoms with E-state index in [0.717, 1.165) is 26.7 Å². The third-order valence-electron chi connectivity index (χ3n) is 4.76. The maximum absolute atomic E-state index is 12.9. The van der Waals surface area contributed by atoms with Crippen molar-refractivity contribution in [3.63, 3.8) is 0 Å². The fourth-order valence-corrected chi connectivity index (χ4v) is 4.76. The Morgan fingerprint density at radius 3 is 2.36 bits per heavy atom. The van der Waals surface area contributed by atoms with Crippen LogP contribution in [0.1, 0.15) is 11.1 Å². The van der Waals surface area contributed by atoms with Crippen molar-refractivity contribution in [3.8, 4) is 11.5 Å². The molecule has 0 unspecified atom stereocenters. The molecule has 3 aromatic rings. The summed E-state index contributed by atoms with van der Waals surface area (Å²) in [7, 11) is 1.55. The average Bonchev–Trinajstić information content (AvgIpc) is 3.08. The van der Waals surface area contributed by atoms with Crippen LogP contribution in [-0.4, -0.2) is 18.3 Å². The SMILES string of the molecule is COc1cc(/C=C2/SC(=O)N(c3ccc(Cl)cc3)C2=O)c(Br)cc1OCc1ccc(Br)cc1. The second-order valence-electron chi connectivity index (χ2n) is 6.93. The van der Waals surface area contributed by atoms with Gasteiger partial charge in [-0.15, -0.1) is 0 Å². The lowest BCUT2D eigenvalue weighted by Crippen LogP contribution is -2.27. The first kappa shape index (κ1) is 23.9. The molecule has 5 nitrogen and oxygen atoms in total. The molecule has 0 bridgehead atoms. The van der Waals surface area contributed by atoms with E-state index in [-0.39, 0.29) is 5.24 Å². The van der Waals surface area contributed by atoms with E-state index in [1.807, 2.05) is 24.3 Å². The molecule has 1 fully saturated rings. The minimum absolute atomic E-state index is 0.307. The molecule has 168 valence electrons. The average molecular weight is 610 g/mol. The van der Waals surface area contributed by atoms with Crippen LogP contribution in [0.2, 0.25) is 5.02 Å². The number of ether oxygens (including phenoxy) is 2. The Morgan fingerprint density at radius 1 is 1.00 bits per heavy atom. The summed E-state index contributed by atoms with van der Waals surface area (Å²) >= 11 is 13.7. The Bertz CT molecular complexity index is 1250. The lowest BCUT2D eigenvalue weighted by Gasteiger charge is -2.13. The summed E-state index contributed by atoms with van der Waals surface area (Å²) in [6.07, 6.45) is 1.66. The molecule has 1 saturated heterocycles. The summed E-state index contributed by atoms with van der Waals surface area (Å²) in [5.74, 6) is 0.672. The summed E-state index contributed by atoms with van der Waals surface area (Å²) in [5.41, 5.74) is 2.17. The first-order valence-electron chi connectivity index (χ1n) is 9.64. The number of methoxy groups -OCH3 is 1. The molecule has 33 heavy (non-hydrogen) atoms. The molecule has 1 heterocycles. The molecule has 9 heteroatoms. The van der Waals surface area contributed by atoms with Gasteiger partial charge >= 0.3 is 0 Å². The second-order valence-corrected chi connectivity index (χ2v) is 10.1. The van der Waals surface area contributed by atoms with Gasteiger partial charge in [-0.3, -0.25) is 9.59 Å². The highest BCUT2D eigenvalue weighted by Gasteiger charge is 2.36. The van der Waals surface area contributed by atoms with E-state index in [0.29, 0.717) is 43.8 Å². The van der Waals surface area contributed by atoms with Crippen molar-refractivity contribution in [2.24, 2.45) is 0 Å². The summed E-state index contributed by atoms with van der Waals surface area (Å²) < 4.78 is 13.1. The van der Waals surface area contributed by atoms with Crippen molar-refractivity contribution < 1.29 is 19.1 Å². The van der Waals surface area contributed by atoms with E-state index in [9.17, 15) is 9.59 Å². The maximum atomic E-state index is 12.9. The number of carbonyl (C=O) groups excluding carboxylic acids is 2. The predicted octanol–water partition coefficient (Wildman–Crippen LogP) is 7.69. The zero-order valence-electron chi connectivity index (χ0n) is 17.2. The number of halogens is 3. The van der Waals surface area contributed by atoms with Crippen LogP contribution in [0.5, 0.6) is 11.5 Å². The molecule has 0 radical (unpaired) electrons. The zero-order chi connectivity index (χ0) is 23.5. The Morgan fingerprint density at radius 2 is 1.70 bits per heavy atom. The van der Waals surface area contributed by atoms with Gasteiger partial charge in [-0.05, 0) is 77.5 Å². The van der Waals surface area contributed by atoms with Gasteiger partial charge in [0, 0.05) is 14.0 Å². The first-order chi connectivity index (χ1) is 15.9. The predicted molar refractivity (Wildman–Crippen MR) is 139 cm³/mol. The molecule has 1 aliphatic rings. The van der Waals surface area contributed by atoms with E-state index >= 15 is 0 Å². The molecular formula is C24H16Br2ClNO4S. The standard InChI is InChI=1S/C24H16Br2ClNO4S/c1-31-20-10-15(19(26)12-21(20)32-13-14-2-4-16(25)5-3-14)11-22-23(29)28(24(30)33-22)18-8-6-17(27)7-9-18/h2-12H,13H2,1H3/b22-11+. The maximum Gasteiger partial charge on any atom is 0.298 e. The lowest BCUT2D eigenvalue weighted by molar-refractivity contribution is -0.113. The normalized spacial score (nSPS) is 14.8. The summed E-state index contributed by atoms with van der Waals surface area (Å²) in [6, 6.07) is 17.9. The summed E-state index contributed by atoms with van der Waals surface area (Å²) in [4.78, 5) is 26.9. The van der Waals surface area contributed by atoms with Crippen molar-refractivity contribution in [2.45, 2.75) is 6.61 Å². The zero-order valence-corrected chi connectivity index (χ0v) is 21.9. The van der Waals surface area contributed by atoms with Crippen LogP contribution in [-0.2, 0) is 11.4 Å². The third kappa shape index (κ3) is 5.46. The Balaban J connectivity index is 1.57. The Hall–Kier alpha value is -2.26. The molecule has 0 saturated carbocycles. The summed E-state index contributed by atoms with van der Waals surface area (Å²) in [5, 5.41) is 0.158. The van der Waals surface area contributed by atoms with Crippen LogP contribution in [0.25, 0.3) is 6.08 Å². The molecule has 0 atom stereocenters. The van der Waals surface area contributed by atoms with Gasteiger partial charge in [-0.2, -0.15) is 0 Å². The number of carbonyl (C=O) groups is 2. The second kappa shape index (κ2) is 10.3. The van der Waals surface area contributed by atoms with Crippen molar-refractivity contribution in [1.82, 2.24) is 0 Å². The number of amides is 2. The fraction of sp³-hybridized carbons (Fsp3) is 0.0833. The first-order valence-corrected chi connectivity index (χ1v) is 12.4. The highest BCUT2D eigenvalue weighted by molar-refractivity contribution is 9.10. The molecule has 0 spiro atoms. The monoisotopic (exact) mass is 607 g/mol. The number of benzene rings is 3. The van der Waals surface area contributed by atoms with E-state index < -0.39 is 5.91 Å². The minimum atomic E-state index is -0.395. The third-order valence-corrected chi connectivity index (χ3v) is 7.09. The van der Waals surface area contributed by atoms with Crippen LogP contribution < -0.4 is 14.4 Å². The van der Waals surface area contributed by atoms with Crippen LogP contribution in [0.15, 0.2) is 74.5 Å². The van der Waals surface area contributed by atoms with E-state index in [2.05, 4.69) is 31.9 Å². The number of imide groups is 1. The van der Waals surface area contributed by atoms with Crippen molar-refractivity contribution in [3.05, 3.63) is 90.7 Å². The van der Waals surface area contributed by atoms with Gasteiger partial charge in [-0.1, -0.05) is 55.6 Å². The van der Waals surface area contributed by atoms with Crippen LogP contribution >= 0.6 is 55.2 Å². The van der Waals surface area contributed by atoms with Gasteiger partial charge < -0.3 is 9.47 Å². The van der Waals surface area contributed by atoms with Crippen LogP contribution in [0.4, 0.5) is 10.5 Å². The topological polar surface area (TPSA) is 55.8 Å². The molecule has 0 aromatic heterocycles. The number of hydrogen-bond donors (Lipinski definition) is 0. The van der Waals surface area contributed by atoms with E-state index in [1.165, 1.54) is 0 Å². The molecular weight excluding hydrogens is 594 g/mol. The van der Waals surface area contributed by atoms with Gasteiger partial charge in [0.1, 0.15) is 6.61 Å². The fourth-order valence-electron chi connectivity index (χ4n) is 3.10. The number of thioether (sulfide) groups is 1. The van der Waals surface area contributed by atoms with Gasteiger partial charge in [0.15, 0.2) is 11.5 Å². The van der Waals surface area contributed by atoms with Crippen molar-refractivity contribution >= 4 is 78.1 Å². The Kier molecular flexibility index (Phi) is 7.48. The molecule has 0 N–H and O–H groups in total. The Labute approximate surface area is 217 Å². The number of hydrogen-bond acceptors (Lipinski definition) is 5. The minimum Gasteiger partial charge on any atom is -0.493 e. The largest absolute Gasteiger partial charge is 0.493 e. The lowest BCUT2D eigenvalue weighted by atomic mass is 10.1. The molecule has 1 aliphatic heterocycles. The van der Waals surface area contributed by atoms with Crippen LogP contribution in [0, 0.1) is 0 Å². The molecule has 4 rings (SSSR count). The quantitative estimate of drug-likeness (QED) is 0.268. The number of rotatable bonds is 6. The van der Waals surface area contributed by atoms with Gasteiger partial charge in [-0.25, -0.2) is 4.90 Å². The highest BCUT2D eigenvalue weighted by atomic mass is 79.9. The van der Waals surface area contributed by atoms with Crippen molar-refractivity contribution in [1.29, 1.82) is 0 Å². The number of anilines is 1. The van der Waals surface area contributed by atoms with E-state index in [4.69, 9.17) is 21.1 Å². The van der Waals surface area contributed by atoms with Gasteiger partial charge in [0.05, 0.1) is 17.7 Å². The smallest absolute Gasteiger partial charge is 0.298 e. The number of nitrogens with zero attached hydrogens (tertiary/aromatic N) is 1. The summed E-state index contributed by atoms with van der Waals surface area (Å²) in [6.45, 7) is 0.370. The van der Waals surface area contributed by atoms with Gasteiger partial charge in [0.25, 0.3) is 11.1 Å².